The molecule has 4 heteroatoms. The molecule has 0 aliphatic carbocycles. The molecule has 0 aliphatic heterocycles. The second kappa shape index (κ2) is 3.12. The van der Waals surface area contributed by atoms with Crippen LogP contribution in [0.1, 0.15) is 23.9 Å². The Kier molecular flexibility index (Phi) is 2.32. The van der Waals surface area contributed by atoms with E-state index in [-0.39, 0.29) is 11.1 Å². The standard InChI is InChI=1S/C9H14N2O2/c1-4-7-5(2)11(13)6(3)8(10)9(7)12/h13H,4,10H2,1-3H3. The van der Waals surface area contributed by atoms with E-state index in [4.69, 9.17) is 5.73 Å². The van der Waals surface area contributed by atoms with Crippen molar-refractivity contribution >= 4 is 5.69 Å². The molecule has 1 heterocycles. The molecule has 0 saturated carbocycles. The van der Waals surface area contributed by atoms with E-state index in [2.05, 4.69) is 0 Å². The van der Waals surface area contributed by atoms with Gasteiger partial charge in [0.15, 0.2) is 0 Å². The Balaban J connectivity index is 3.67. The van der Waals surface area contributed by atoms with Crippen molar-refractivity contribution in [1.82, 2.24) is 4.73 Å². The highest BCUT2D eigenvalue weighted by molar-refractivity contribution is 5.46. The molecule has 1 rings (SSSR count). The van der Waals surface area contributed by atoms with Gasteiger partial charge in [0.25, 0.3) is 0 Å². The lowest BCUT2D eigenvalue weighted by Gasteiger charge is -2.12. The van der Waals surface area contributed by atoms with Crippen molar-refractivity contribution < 1.29 is 5.21 Å². The predicted molar refractivity (Wildman–Crippen MR) is 51.2 cm³/mol. The van der Waals surface area contributed by atoms with Crippen LogP contribution < -0.4 is 11.2 Å². The second-order valence-corrected chi connectivity index (χ2v) is 3.06. The van der Waals surface area contributed by atoms with E-state index < -0.39 is 0 Å². The molecule has 0 amide bonds. The molecule has 0 unspecified atom stereocenters. The average molecular weight is 182 g/mol. The number of hydrogen-bond donors (Lipinski definition) is 2. The van der Waals surface area contributed by atoms with Gasteiger partial charge in [-0.05, 0) is 20.3 Å². The molecular weight excluding hydrogens is 168 g/mol. The minimum atomic E-state index is -0.164. The minimum absolute atomic E-state index is 0.130. The molecule has 0 spiro atoms. The van der Waals surface area contributed by atoms with Gasteiger partial charge in [0, 0.05) is 5.56 Å². The summed E-state index contributed by atoms with van der Waals surface area (Å²) in [6.07, 6.45) is 0.579. The van der Waals surface area contributed by atoms with Gasteiger partial charge in [-0.15, -0.1) is 0 Å². The Hall–Kier alpha value is -1.45. The first-order chi connectivity index (χ1) is 6.00. The molecule has 13 heavy (non-hydrogen) atoms. The molecule has 0 saturated heterocycles. The molecule has 72 valence electrons. The summed E-state index contributed by atoms with van der Waals surface area (Å²) in [6.45, 7) is 5.17. The van der Waals surface area contributed by atoms with E-state index in [0.717, 1.165) is 4.73 Å². The molecule has 0 atom stereocenters. The summed E-state index contributed by atoms with van der Waals surface area (Å²) < 4.78 is 0.968. The molecule has 0 aliphatic rings. The van der Waals surface area contributed by atoms with Gasteiger partial charge in [0.05, 0.1) is 11.4 Å². The molecule has 1 aromatic heterocycles. The van der Waals surface area contributed by atoms with Crippen molar-refractivity contribution in [2.45, 2.75) is 27.2 Å². The highest BCUT2D eigenvalue weighted by Gasteiger charge is 2.12. The first-order valence-electron chi connectivity index (χ1n) is 4.20. The van der Waals surface area contributed by atoms with Crippen molar-refractivity contribution in [3.63, 3.8) is 0 Å². The molecule has 0 aromatic carbocycles. The van der Waals surface area contributed by atoms with E-state index in [1.54, 1.807) is 13.8 Å². The highest BCUT2D eigenvalue weighted by atomic mass is 16.5. The SMILES string of the molecule is CCc1c(C)n(O)c(C)c(N)c1=O. The van der Waals surface area contributed by atoms with Crippen LogP contribution in [0, 0.1) is 13.8 Å². The summed E-state index contributed by atoms with van der Waals surface area (Å²) in [4.78, 5) is 11.5. The van der Waals surface area contributed by atoms with Crippen LogP contribution in [-0.2, 0) is 6.42 Å². The average Bonchev–Trinajstić information content (AvgIpc) is 2.13. The Morgan fingerprint density at radius 2 is 1.92 bits per heavy atom. The number of rotatable bonds is 1. The van der Waals surface area contributed by atoms with Gasteiger partial charge in [0.1, 0.15) is 5.69 Å². The van der Waals surface area contributed by atoms with Crippen LogP contribution in [0.5, 0.6) is 0 Å². The van der Waals surface area contributed by atoms with Gasteiger partial charge in [-0.2, -0.15) is 4.73 Å². The molecule has 0 fully saturated rings. The van der Waals surface area contributed by atoms with Crippen molar-refractivity contribution in [3.05, 3.63) is 27.2 Å². The van der Waals surface area contributed by atoms with Gasteiger partial charge < -0.3 is 10.9 Å². The van der Waals surface area contributed by atoms with Crippen LogP contribution >= 0.6 is 0 Å². The lowest BCUT2D eigenvalue weighted by molar-refractivity contribution is 0.170. The monoisotopic (exact) mass is 182 g/mol. The largest absolute Gasteiger partial charge is 0.428 e. The summed E-state index contributed by atoms with van der Waals surface area (Å²) in [5.74, 6) is 0. The fraction of sp³-hybridized carbons (Fsp3) is 0.444. The fourth-order valence-corrected chi connectivity index (χ4v) is 1.40. The smallest absolute Gasteiger partial charge is 0.208 e. The van der Waals surface area contributed by atoms with Crippen molar-refractivity contribution in [2.24, 2.45) is 0 Å². The van der Waals surface area contributed by atoms with Gasteiger partial charge in [0.2, 0.25) is 5.43 Å². The molecule has 0 radical (unpaired) electrons. The van der Waals surface area contributed by atoms with Gasteiger partial charge >= 0.3 is 0 Å². The van der Waals surface area contributed by atoms with E-state index in [0.29, 0.717) is 23.4 Å². The number of anilines is 1. The summed E-state index contributed by atoms with van der Waals surface area (Å²) in [5.41, 5.74) is 7.05. The van der Waals surface area contributed by atoms with Crippen LogP contribution in [0.3, 0.4) is 0 Å². The Bertz CT molecular complexity index is 394. The first kappa shape index (κ1) is 9.64. The number of nitrogen functional groups attached to an aromatic ring is 1. The lowest BCUT2D eigenvalue weighted by atomic mass is 10.1. The Morgan fingerprint density at radius 3 is 2.38 bits per heavy atom. The van der Waals surface area contributed by atoms with Crippen LogP contribution in [0.25, 0.3) is 0 Å². The number of aromatic nitrogens is 1. The molecule has 4 nitrogen and oxygen atoms in total. The van der Waals surface area contributed by atoms with Gasteiger partial charge in [-0.25, -0.2) is 0 Å². The zero-order chi connectivity index (χ0) is 10.2. The van der Waals surface area contributed by atoms with Crippen LogP contribution in [0.4, 0.5) is 5.69 Å². The number of nitrogens with zero attached hydrogens (tertiary/aromatic N) is 1. The fourth-order valence-electron chi connectivity index (χ4n) is 1.40. The maximum Gasteiger partial charge on any atom is 0.208 e. The molecule has 0 bridgehead atoms. The topological polar surface area (TPSA) is 68.2 Å². The van der Waals surface area contributed by atoms with Crippen LogP contribution in [0.15, 0.2) is 4.79 Å². The second-order valence-electron chi connectivity index (χ2n) is 3.06. The molecular formula is C9H14N2O2. The minimum Gasteiger partial charge on any atom is -0.428 e. The maximum absolute atomic E-state index is 11.5. The third-order valence-electron chi connectivity index (χ3n) is 2.33. The normalized spacial score (nSPS) is 10.4. The van der Waals surface area contributed by atoms with Crippen molar-refractivity contribution in [2.75, 3.05) is 5.73 Å². The van der Waals surface area contributed by atoms with Crippen LogP contribution in [0.2, 0.25) is 0 Å². The number of nitrogens with two attached hydrogens (primary N) is 1. The third kappa shape index (κ3) is 1.28. The van der Waals surface area contributed by atoms with E-state index in [1.165, 1.54) is 0 Å². The van der Waals surface area contributed by atoms with E-state index >= 15 is 0 Å². The lowest BCUT2D eigenvalue weighted by Crippen LogP contribution is -2.22. The summed E-state index contributed by atoms with van der Waals surface area (Å²) in [6, 6.07) is 0. The highest BCUT2D eigenvalue weighted by Crippen LogP contribution is 2.11. The molecule has 3 N–H and O–H groups in total. The zero-order valence-corrected chi connectivity index (χ0v) is 8.09. The van der Waals surface area contributed by atoms with Crippen LogP contribution in [-0.4, -0.2) is 9.94 Å². The number of pyridine rings is 1. The first-order valence-corrected chi connectivity index (χ1v) is 4.20. The number of hydrogen-bond acceptors (Lipinski definition) is 3. The summed E-state index contributed by atoms with van der Waals surface area (Å²) in [7, 11) is 0. The quantitative estimate of drug-likeness (QED) is 0.632. The van der Waals surface area contributed by atoms with Crippen molar-refractivity contribution in [1.29, 1.82) is 0 Å². The zero-order valence-electron chi connectivity index (χ0n) is 8.09. The van der Waals surface area contributed by atoms with Gasteiger partial charge in [-0.3, -0.25) is 4.79 Å². The predicted octanol–water partition coefficient (Wildman–Crippen LogP) is 0.847. The van der Waals surface area contributed by atoms with E-state index in [1.807, 2.05) is 6.92 Å². The van der Waals surface area contributed by atoms with Gasteiger partial charge in [-0.1, -0.05) is 6.92 Å². The maximum atomic E-state index is 11.5. The van der Waals surface area contributed by atoms with Crippen molar-refractivity contribution in [3.8, 4) is 0 Å². The van der Waals surface area contributed by atoms with E-state index in [9.17, 15) is 10.0 Å². The summed E-state index contributed by atoms with van der Waals surface area (Å²) in [5, 5.41) is 9.52. The molecule has 1 aromatic rings. The third-order valence-corrected chi connectivity index (χ3v) is 2.33. The Morgan fingerprint density at radius 1 is 1.38 bits per heavy atom. The summed E-state index contributed by atoms with van der Waals surface area (Å²) >= 11 is 0. The Labute approximate surface area is 76.6 Å².